The van der Waals surface area contributed by atoms with E-state index < -0.39 is 10.0 Å². The highest BCUT2D eigenvalue weighted by atomic mass is 32.2. The van der Waals surface area contributed by atoms with Crippen LogP contribution in [0.2, 0.25) is 0 Å². The van der Waals surface area contributed by atoms with Crippen molar-refractivity contribution in [1.82, 2.24) is 14.3 Å². The van der Waals surface area contributed by atoms with Gasteiger partial charge >= 0.3 is 5.69 Å². The molecule has 1 fully saturated rings. The van der Waals surface area contributed by atoms with Crippen molar-refractivity contribution in [1.29, 1.82) is 0 Å². The molecule has 0 saturated heterocycles. The van der Waals surface area contributed by atoms with Crippen LogP contribution in [0.15, 0.2) is 29.1 Å². The summed E-state index contributed by atoms with van der Waals surface area (Å²) < 4.78 is 28.5. The molecule has 1 saturated carbocycles. The van der Waals surface area contributed by atoms with E-state index >= 15 is 0 Å². The lowest BCUT2D eigenvalue weighted by molar-refractivity contribution is 0.555. The lowest BCUT2D eigenvalue weighted by atomic mass is 10.3. The molecule has 22 heavy (non-hydrogen) atoms. The van der Waals surface area contributed by atoms with Crippen LogP contribution in [0.5, 0.6) is 0 Å². The highest BCUT2D eigenvalue weighted by molar-refractivity contribution is 7.90. The number of hydrogen-bond donors (Lipinski definition) is 2. The fourth-order valence-corrected chi connectivity index (χ4v) is 4.72. The highest BCUT2D eigenvalue weighted by Crippen LogP contribution is 2.23. The second-order valence-electron chi connectivity index (χ2n) is 5.80. The molecule has 0 aliphatic heterocycles. The van der Waals surface area contributed by atoms with Crippen molar-refractivity contribution in [3.05, 3.63) is 34.7 Å². The predicted molar refractivity (Wildman–Crippen MR) is 86.4 cm³/mol. The van der Waals surface area contributed by atoms with Gasteiger partial charge in [0.2, 0.25) is 10.0 Å². The Morgan fingerprint density at radius 1 is 1.23 bits per heavy atom. The molecule has 1 aromatic heterocycles. The third kappa shape index (κ3) is 3.10. The van der Waals surface area contributed by atoms with Crippen LogP contribution in [0.1, 0.15) is 32.1 Å². The molecular formula is C15H21N3O3S. The van der Waals surface area contributed by atoms with Gasteiger partial charge in [-0.15, -0.1) is 0 Å². The minimum Gasteiger partial charge on any atom is -0.306 e. The molecule has 0 unspecified atom stereocenters. The molecule has 1 aliphatic rings. The summed E-state index contributed by atoms with van der Waals surface area (Å²) in [6, 6.07) is 7.50. The summed E-state index contributed by atoms with van der Waals surface area (Å²) in [6.07, 6.45) is 4.11. The smallest absolute Gasteiger partial charge is 0.306 e. The first-order valence-electron chi connectivity index (χ1n) is 7.74. The summed E-state index contributed by atoms with van der Waals surface area (Å²) >= 11 is 0. The third-order valence-electron chi connectivity index (χ3n) is 4.28. The average molecular weight is 323 g/mol. The number of benzene rings is 1. The van der Waals surface area contributed by atoms with E-state index in [9.17, 15) is 13.2 Å². The normalized spacial score (nSPS) is 16.5. The van der Waals surface area contributed by atoms with Crippen LogP contribution in [-0.2, 0) is 16.6 Å². The van der Waals surface area contributed by atoms with Crippen molar-refractivity contribution in [3.8, 4) is 0 Å². The van der Waals surface area contributed by atoms with Gasteiger partial charge in [0, 0.05) is 13.1 Å². The monoisotopic (exact) mass is 323 g/mol. The van der Waals surface area contributed by atoms with Crippen molar-refractivity contribution in [3.63, 3.8) is 0 Å². The summed E-state index contributed by atoms with van der Waals surface area (Å²) in [7, 11) is -3.20. The molecule has 6 nitrogen and oxygen atoms in total. The number of rotatable bonds is 6. The predicted octanol–water partition coefficient (Wildman–Crippen LogP) is 1.58. The summed E-state index contributed by atoms with van der Waals surface area (Å²) in [4.78, 5) is 14.7. The molecular weight excluding hydrogens is 302 g/mol. The number of nitrogens with one attached hydrogen (secondary N) is 2. The van der Waals surface area contributed by atoms with Gasteiger partial charge < -0.3 is 4.98 Å². The Bertz CT molecular complexity index is 801. The van der Waals surface area contributed by atoms with Crippen molar-refractivity contribution < 1.29 is 8.42 Å². The van der Waals surface area contributed by atoms with Gasteiger partial charge in [0.25, 0.3) is 0 Å². The molecule has 2 N–H and O–H groups in total. The molecule has 1 aliphatic carbocycles. The van der Waals surface area contributed by atoms with Crippen molar-refractivity contribution >= 4 is 21.1 Å². The van der Waals surface area contributed by atoms with Crippen LogP contribution in [0.25, 0.3) is 11.0 Å². The maximum absolute atomic E-state index is 12.1. The minimum absolute atomic E-state index is 0.153. The van der Waals surface area contributed by atoms with Gasteiger partial charge in [-0.2, -0.15) is 0 Å². The molecule has 3 rings (SSSR count). The van der Waals surface area contributed by atoms with Gasteiger partial charge in [-0.05, 0) is 31.4 Å². The lowest BCUT2D eigenvalue weighted by Gasteiger charge is -2.12. The van der Waals surface area contributed by atoms with Crippen LogP contribution >= 0.6 is 0 Å². The first kappa shape index (κ1) is 15.3. The van der Waals surface area contributed by atoms with Gasteiger partial charge in [0.05, 0.1) is 16.3 Å². The number of nitrogens with zero attached hydrogens (tertiary/aromatic N) is 1. The summed E-state index contributed by atoms with van der Waals surface area (Å²) in [5, 5.41) is -0.233. The van der Waals surface area contributed by atoms with Crippen molar-refractivity contribution in [2.24, 2.45) is 0 Å². The van der Waals surface area contributed by atoms with E-state index in [2.05, 4.69) is 9.71 Å². The number of sulfonamides is 1. The summed E-state index contributed by atoms with van der Waals surface area (Å²) in [5.41, 5.74) is 1.50. The van der Waals surface area contributed by atoms with Crippen LogP contribution in [0, 0.1) is 0 Å². The molecule has 2 aromatic rings. The fourth-order valence-electron chi connectivity index (χ4n) is 3.10. The average Bonchev–Trinajstić information content (AvgIpc) is 3.12. The van der Waals surface area contributed by atoms with E-state index in [0.717, 1.165) is 36.7 Å². The Kier molecular flexibility index (Phi) is 4.35. The van der Waals surface area contributed by atoms with E-state index in [1.165, 1.54) is 0 Å². The molecule has 0 amide bonds. The molecule has 0 atom stereocenters. The van der Waals surface area contributed by atoms with E-state index in [1.807, 2.05) is 24.3 Å². The van der Waals surface area contributed by atoms with Crippen LogP contribution in [0.4, 0.5) is 0 Å². The number of aryl methyl sites for hydroxylation is 1. The summed E-state index contributed by atoms with van der Waals surface area (Å²) in [5.74, 6) is 0. The number of H-pyrrole nitrogens is 1. The number of fused-ring (bicyclic) bond motifs is 1. The van der Waals surface area contributed by atoms with Crippen LogP contribution < -0.4 is 10.4 Å². The molecule has 0 spiro atoms. The number of aromatic nitrogens is 2. The zero-order chi connectivity index (χ0) is 15.6. The van der Waals surface area contributed by atoms with Gasteiger partial charge in [-0.25, -0.2) is 17.9 Å². The van der Waals surface area contributed by atoms with Crippen LogP contribution in [-0.4, -0.2) is 29.8 Å². The molecule has 0 bridgehead atoms. The minimum atomic E-state index is -3.20. The number of para-hydroxylation sites is 2. The number of imidazole rings is 1. The van der Waals surface area contributed by atoms with E-state index in [4.69, 9.17) is 0 Å². The SMILES string of the molecule is O=c1[nH]c2ccccc2n1CCCNS(=O)(=O)C1CCCC1. The van der Waals surface area contributed by atoms with Gasteiger partial charge in [0.15, 0.2) is 0 Å². The molecule has 0 radical (unpaired) electrons. The maximum atomic E-state index is 12.1. The quantitative estimate of drug-likeness (QED) is 0.792. The second kappa shape index (κ2) is 6.26. The zero-order valence-corrected chi connectivity index (χ0v) is 13.2. The second-order valence-corrected chi connectivity index (χ2v) is 7.84. The van der Waals surface area contributed by atoms with Crippen LogP contribution in [0.3, 0.4) is 0 Å². The first-order valence-corrected chi connectivity index (χ1v) is 9.28. The zero-order valence-electron chi connectivity index (χ0n) is 12.4. The standard InChI is InChI=1S/C15H21N3O3S/c19-15-17-13-8-3-4-9-14(13)18(15)11-5-10-16-22(20,21)12-6-1-2-7-12/h3-4,8-9,12,16H,1-2,5-7,10-11H2,(H,17,19). The Hall–Kier alpha value is -1.60. The first-order chi connectivity index (χ1) is 10.6. The van der Waals surface area contributed by atoms with E-state index in [0.29, 0.717) is 19.5 Å². The van der Waals surface area contributed by atoms with Crippen molar-refractivity contribution in [2.75, 3.05) is 6.54 Å². The lowest BCUT2D eigenvalue weighted by Crippen LogP contribution is -2.34. The topological polar surface area (TPSA) is 84.0 Å². The largest absolute Gasteiger partial charge is 0.326 e. The van der Waals surface area contributed by atoms with Crippen molar-refractivity contribution in [2.45, 2.75) is 43.9 Å². The highest BCUT2D eigenvalue weighted by Gasteiger charge is 2.27. The Morgan fingerprint density at radius 3 is 2.73 bits per heavy atom. The van der Waals surface area contributed by atoms with E-state index in [1.54, 1.807) is 4.57 Å². The molecule has 1 aromatic carbocycles. The Balaban J connectivity index is 1.59. The molecule has 1 heterocycles. The Morgan fingerprint density at radius 2 is 1.95 bits per heavy atom. The van der Waals surface area contributed by atoms with Gasteiger partial charge in [-0.1, -0.05) is 25.0 Å². The maximum Gasteiger partial charge on any atom is 0.326 e. The summed E-state index contributed by atoms with van der Waals surface area (Å²) in [6.45, 7) is 0.862. The van der Waals surface area contributed by atoms with Gasteiger partial charge in [-0.3, -0.25) is 4.57 Å². The Labute approximate surface area is 129 Å². The fraction of sp³-hybridized carbons (Fsp3) is 0.533. The molecule has 120 valence electrons. The van der Waals surface area contributed by atoms with Gasteiger partial charge in [0.1, 0.15) is 0 Å². The third-order valence-corrected chi connectivity index (χ3v) is 6.24. The molecule has 7 heteroatoms. The van der Waals surface area contributed by atoms with E-state index in [-0.39, 0.29) is 10.9 Å². The number of hydrogen-bond acceptors (Lipinski definition) is 3. The number of aromatic amines is 1.